The lowest BCUT2D eigenvalue weighted by Crippen LogP contribution is -2.48. The second-order valence-electron chi connectivity index (χ2n) is 4.75. The monoisotopic (exact) mass is 257 g/mol. The van der Waals surface area contributed by atoms with Crippen molar-refractivity contribution >= 4 is 11.9 Å². The molecule has 0 radical (unpaired) electrons. The number of carbonyl (C=O) groups is 2. The lowest BCUT2D eigenvalue weighted by atomic mass is 10.0. The van der Waals surface area contributed by atoms with E-state index in [4.69, 9.17) is 4.74 Å². The van der Waals surface area contributed by atoms with Crippen LogP contribution in [0, 0.1) is 5.92 Å². The van der Waals surface area contributed by atoms with E-state index in [1.807, 2.05) is 6.92 Å². The van der Waals surface area contributed by atoms with Gasteiger partial charge in [0, 0.05) is 19.0 Å². The van der Waals surface area contributed by atoms with E-state index < -0.39 is 0 Å². The van der Waals surface area contributed by atoms with Gasteiger partial charge in [0.15, 0.2) is 0 Å². The third-order valence-electron chi connectivity index (χ3n) is 3.22. The summed E-state index contributed by atoms with van der Waals surface area (Å²) in [6.45, 7) is 5.62. The van der Waals surface area contributed by atoms with Gasteiger partial charge in [-0.25, -0.2) is 0 Å². The van der Waals surface area contributed by atoms with Crippen molar-refractivity contribution in [3.8, 4) is 0 Å². The molecule has 1 heterocycles. The number of ether oxygens (including phenoxy) is 2. The van der Waals surface area contributed by atoms with Crippen LogP contribution in [0.4, 0.5) is 0 Å². The van der Waals surface area contributed by atoms with Gasteiger partial charge in [0.05, 0.1) is 26.2 Å². The summed E-state index contributed by atoms with van der Waals surface area (Å²) in [5.41, 5.74) is 0. The molecule has 1 aliphatic heterocycles. The molecule has 0 aromatic carbocycles. The Kier molecular flexibility index (Phi) is 6.12. The summed E-state index contributed by atoms with van der Waals surface area (Å²) >= 11 is 0. The minimum atomic E-state index is -0.295. The van der Waals surface area contributed by atoms with Crippen LogP contribution in [0.1, 0.15) is 33.1 Å². The van der Waals surface area contributed by atoms with E-state index in [1.165, 1.54) is 7.11 Å². The summed E-state index contributed by atoms with van der Waals surface area (Å²) in [5.74, 6) is -0.0854. The molecular formula is C13H23NO4. The number of hydrogen-bond acceptors (Lipinski definition) is 4. The van der Waals surface area contributed by atoms with Crippen LogP contribution >= 0.6 is 0 Å². The number of methoxy groups -OCH3 is 1. The van der Waals surface area contributed by atoms with Crippen LogP contribution in [0.25, 0.3) is 0 Å². The van der Waals surface area contributed by atoms with Crippen LogP contribution in [-0.2, 0) is 19.1 Å². The van der Waals surface area contributed by atoms with Gasteiger partial charge in [0.1, 0.15) is 0 Å². The van der Waals surface area contributed by atoms with Gasteiger partial charge in [-0.3, -0.25) is 9.59 Å². The lowest BCUT2D eigenvalue weighted by Gasteiger charge is -2.34. The third-order valence-corrected chi connectivity index (χ3v) is 3.22. The molecule has 0 aliphatic carbocycles. The fraction of sp³-hybridized carbons (Fsp3) is 0.846. The first-order valence-corrected chi connectivity index (χ1v) is 6.55. The zero-order valence-electron chi connectivity index (χ0n) is 11.5. The number of carbonyl (C=O) groups excluding carboxylic acids is 2. The van der Waals surface area contributed by atoms with Crippen molar-refractivity contribution in [3.05, 3.63) is 0 Å². The highest BCUT2D eigenvalue weighted by atomic mass is 16.5. The van der Waals surface area contributed by atoms with Crippen LogP contribution in [0.5, 0.6) is 0 Å². The first-order chi connectivity index (χ1) is 8.58. The van der Waals surface area contributed by atoms with Crippen LogP contribution in [0.3, 0.4) is 0 Å². The molecule has 0 spiro atoms. The SMILES string of the molecule is CCCC(C)C(=O)N1CCOC(CC(=O)OC)C1. The van der Waals surface area contributed by atoms with Gasteiger partial charge < -0.3 is 14.4 Å². The van der Waals surface area contributed by atoms with E-state index in [1.54, 1.807) is 4.90 Å². The van der Waals surface area contributed by atoms with Crippen molar-refractivity contribution in [3.63, 3.8) is 0 Å². The minimum absolute atomic E-state index is 0.0480. The zero-order chi connectivity index (χ0) is 13.5. The Hall–Kier alpha value is -1.10. The molecule has 2 atom stereocenters. The Bertz CT molecular complexity index is 293. The van der Waals surface area contributed by atoms with E-state index in [0.29, 0.717) is 19.7 Å². The zero-order valence-corrected chi connectivity index (χ0v) is 11.5. The number of esters is 1. The first kappa shape index (κ1) is 15.0. The van der Waals surface area contributed by atoms with E-state index in [-0.39, 0.29) is 30.3 Å². The molecule has 1 aliphatic rings. The molecule has 0 saturated carbocycles. The maximum Gasteiger partial charge on any atom is 0.308 e. The number of morpholine rings is 1. The molecular weight excluding hydrogens is 234 g/mol. The predicted molar refractivity (Wildman–Crippen MR) is 67.0 cm³/mol. The maximum atomic E-state index is 12.1. The van der Waals surface area contributed by atoms with E-state index >= 15 is 0 Å². The highest BCUT2D eigenvalue weighted by Crippen LogP contribution is 2.15. The second-order valence-corrected chi connectivity index (χ2v) is 4.75. The van der Waals surface area contributed by atoms with E-state index in [9.17, 15) is 9.59 Å². The average molecular weight is 257 g/mol. The fourth-order valence-corrected chi connectivity index (χ4v) is 2.18. The van der Waals surface area contributed by atoms with Gasteiger partial charge >= 0.3 is 5.97 Å². The van der Waals surface area contributed by atoms with Crippen molar-refractivity contribution in [2.75, 3.05) is 26.8 Å². The third kappa shape index (κ3) is 4.29. The van der Waals surface area contributed by atoms with E-state index in [2.05, 4.69) is 11.7 Å². The van der Waals surface area contributed by atoms with Gasteiger partial charge in [-0.15, -0.1) is 0 Å². The Morgan fingerprint density at radius 2 is 2.22 bits per heavy atom. The molecule has 0 bridgehead atoms. The molecule has 1 rings (SSSR count). The topological polar surface area (TPSA) is 55.8 Å². The van der Waals surface area contributed by atoms with Gasteiger partial charge in [0.25, 0.3) is 0 Å². The Morgan fingerprint density at radius 3 is 2.83 bits per heavy atom. The molecule has 0 N–H and O–H groups in total. The molecule has 1 saturated heterocycles. The van der Waals surface area contributed by atoms with Crippen LogP contribution in [0.2, 0.25) is 0 Å². The number of nitrogens with zero attached hydrogens (tertiary/aromatic N) is 1. The normalized spacial score (nSPS) is 21.5. The number of rotatable bonds is 5. The number of hydrogen-bond donors (Lipinski definition) is 0. The summed E-state index contributed by atoms with van der Waals surface area (Å²) < 4.78 is 10.1. The van der Waals surface area contributed by atoms with Crippen LogP contribution in [0.15, 0.2) is 0 Å². The summed E-state index contributed by atoms with van der Waals surface area (Å²) in [6.07, 6.45) is 1.88. The lowest BCUT2D eigenvalue weighted by molar-refractivity contribution is -0.151. The molecule has 0 aromatic rings. The van der Waals surface area contributed by atoms with Gasteiger partial charge in [-0.1, -0.05) is 20.3 Å². The molecule has 0 aromatic heterocycles. The highest BCUT2D eigenvalue weighted by Gasteiger charge is 2.28. The van der Waals surface area contributed by atoms with Crippen molar-refractivity contribution in [2.24, 2.45) is 5.92 Å². The van der Waals surface area contributed by atoms with Crippen molar-refractivity contribution in [2.45, 2.75) is 39.2 Å². The summed E-state index contributed by atoms with van der Waals surface area (Å²) in [6, 6.07) is 0. The standard InChI is InChI=1S/C13H23NO4/c1-4-5-10(2)13(16)14-6-7-18-11(9-14)8-12(15)17-3/h10-11H,4-9H2,1-3H3. The molecule has 5 heteroatoms. The van der Waals surface area contributed by atoms with Crippen molar-refractivity contribution in [1.82, 2.24) is 4.90 Å². The van der Waals surface area contributed by atoms with E-state index in [0.717, 1.165) is 12.8 Å². The smallest absolute Gasteiger partial charge is 0.308 e. The molecule has 1 fully saturated rings. The Morgan fingerprint density at radius 1 is 1.50 bits per heavy atom. The summed E-state index contributed by atoms with van der Waals surface area (Å²) in [4.78, 5) is 25.1. The summed E-state index contributed by atoms with van der Waals surface area (Å²) in [5, 5.41) is 0. The molecule has 2 unspecified atom stereocenters. The number of amides is 1. The average Bonchev–Trinajstić information content (AvgIpc) is 2.38. The van der Waals surface area contributed by atoms with Crippen LogP contribution < -0.4 is 0 Å². The van der Waals surface area contributed by atoms with Crippen molar-refractivity contribution < 1.29 is 19.1 Å². The molecule has 104 valence electrons. The maximum absolute atomic E-state index is 12.1. The molecule has 18 heavy (non-hydrogen) atoms. The largest absolute Gasteiger partial charge is 0.469 e. The Labute approximate surface area is 108 Å². The summed E-state index contributed by atoms with van der Waals surface area (Å²) in [7, 11) is 1.36. The van der Waals surface area contributed by atoms with Crippen LogP contribution in [-0.4, -0.2) is 49.7 Å². The van der Waals surface area contributed by atoms with Gasteiger partial charge in [0.2, 0.25) is 5.91 Å². The minimum Gasteiger partial charge on any atom is -0.469 e. The fourth-order valence-electron chi connectivity index (χ4n) is 2.18. The highest BCUT2D eigenvalue weighted by molar-refractivity contribution is 5.78. The van der Waals surface area contributed by atoms with Crippen molar-refractivity contribution in [1.29, 1.82) is 0 Å². The van der Waals surface area contributed by atoms with Gasteiger partial charge in [-0.2, -0.15) is 0 Å². The second kappa shape index (κ2) is 7.36. The quantitative estimate of drug-likeness (QED) is 0.695. The predicted octanol–water partition coefficient (Wildman–Crippen LogP) is 1.21. The van der Waals surface area contributed by atoms with Gasteiger partial charge in [-0.05, 0) is 6.42 Å². The molecule has 5 nitrogen and oxygen atoms in total. The molecule has 1 amide bonds. The Balaban J connectivity index is 2.47. The first-order valence-electron chi connectivity index (χ1n) is 6.55.